The highest BCUT2D eigenvalue weighted by atomic mass is 32.2. The van der Waals surface area contributed by atoms with E-state index in [1.165, 1.54) is 4.31 Å². The molecule has 2 rings (SSSR count). The highest BCUT2D eigenvalue weighted by Gasteiger charge is 2.30. The summed E-state index contributed by atoms with van der Waals surface area (Å²) in [6, 6.07) is 7.07. The number of benzene rings is 1. The SMILES string of the molecule is Cc1ccc(NS(=O)(=O)N2CCC(C(=O)O)CC2)cc1. The van der Waals surface area contributed by atoms with E-state index < -0.39 is 22.1 Å². The molecule has 110 valence electrons. The van der Waals surface area contributed by atoms with Crippen LogP contribution in [-0.4, -0.2) is 36.9 Å². The van der Waals surface area contributed by atoms with Gasteiger partial charge >= 0.3 is 16.2 Å². The van der Waals surface area contributed by atoms with Gasteiger partial charge in [0, 0.05) is 18.8 Å². The predicted octanol–water partition coefficient (Wildman–Crippen LogP) is 1.45. The summed E-state index contributed by atoms with van der Waals surface area (Å²) in [6.07, 6.45) is 0.703. The molecule has 1 aromatic carbocycles. The van der Waals surface area contributed by atoms with Crippen molar-refractivity contribution in [3.05, 3.63) is 29.8 Å². The molecule has 1 aliphatic rings. The van der Waals surface area contributed by atoms with Crippen LogP contribution in [0.2, 0.25) is 0 Å². The molecule has 0 aromatic heterocycles. The van der Waals surface area contributed by atoms with E-state index in [-0.39, 0.29) is 13.1 Å². The molecule has 0 spiro atoms. The number of nitrogens with one attached hydrogen (secondary N) is 1. The lowest BCUT2D eigenvalue weighted by atomic mass is 9.99. The molecule has 0 atom stereocenters. The molecule has 1 fully saturated rings. The maximum absolute atomic E-state index is 12.2. The highest BCUT2D eigenvalue weighted by Crippen LogP contribution is 2.21. The summed E-state index contributed by atoms with van der Waals surface area (Å²) in [7, 11) is -3.61. The molecule has 0 radical (unpaired) electrons. The Bertz CT molecular complexity index is 575. The fourth-order valence-corrected chi connectivity index (χ4v) is 3.43. The van der Waals surface area contributed by atoms with Crippen LogP contribution in [0.1, 0.15) is 18.4 Å². The molecule has 2 N–H and O–H groups in total. The Kier molecular flexibility index (Phi) is 4.29. The Labute approximate surface area is 118 Å². The minimum Gasteiger partial charge on any atom is -0.481 e. The fraction of sp³-hybridized carbons (Fsp3) is 0.462. The van der Waals surface area contributed by atoms with E-state index in [0.717, 1.165) is 5.56 Å². The molecular weight excluding hydrogens is 280 g/mol. The van der Waals surface area contributed by atoms with Gasteiger partial charge in [0.2, 0.25) is 0 Å². The van der Waals surface area contributed by atoms with Gasteiger partial charge in [0.1, 0.15) is 0 Å². The Morgan fingerprint density at radius 1 is 1.25 bits per heavy atom. The maximum atomic E-state index is 12.2. The third-order valence-electron chi connectivity index (χ3n) is 3.44. The molecule has 7 heteroatoms. The summed E-state index contributed by atoms with van der Waals surface area (Å²) >= 11 is 0. The number of hydrogen-bond acceptors (Lipinski definition) is 3. The summed E-state index contributed by atoms with van der Waals surface area (Å²) in [5, 5.41) is 8.90. The molecule has 6 nitrogen and oxygen atoms in total. The van der Waals surface area contributed by atoms with E-state index in [1.807, 2.05) is 19.1 Å². The normalized spacial score (nSPS) is 17.9. The second-order valence-electron chi connectivity index (χ2n) is 4.98. The smallest absolute Gasteiger partial charge is 0.306 e. The number of aryl methyl sites for hydroxylation is 1. The van der Waals surface area contributed by atoms with E-state index in [4.69, 9.17) is 5.11 Å². The second-order valence-corrected chi connectivity index (χ2v) is 6.66. The lowest BCUT2D eigenvalue weighted by Crippen LogP contribution is -2.42. The average Bonchev–Trinajstić information content (AvgIpc) is 2.41. The van der Waals surface area contributed by atoms with Crippen LogP contribution in [0.25, 0.3) is 0 Å². The molecule has 1 heterocycles. The number of anilines is 1. The molecule has 20 heavy (non-hydrogen) atoms. The standard InChI is InChI=1S/C13H18N2O4S/c1-10-2-4-12(5-3-10)14-20(18,19)15-8-6-11(7-9-15)13(16)17/h2-5,11,14H,6-9H2,1H3,(H,16,17). The van der Waals surface area contributed by atoms with Gasteiger partial charge in [-0.05, 0) is 31.9 Å². The zero-order valence-corrected chi connectivity index (χ0v) is 12.1. The van der Waals surface area contributed by atoms with Gasteiger partial charge in [-0.1, -0.05) is 17.7 Å². The first kappa shape index (κ1) is 14.8. The lowest BCUT2D eigenvalue weighted by molar-refractivity contribution is -0.142. The number of carboxylic acids is 1. The maximum Gasteiger partial charge on any atom is 0.306 e. The summed E-state index contributed by atoms with van der Waals surface area (Å²) in [5.74, 6) is -1.30. The summed E-state index contributed by atoms with van der Waals surface area (Å²) < 4.78 is 28.2. The number of rotatable bonds is 4. The van der Waals surface area contributed by atoms with E-state index in [2.05, 4.69) is 4.72 Å². The molecule has 1 aromatic rings. The van der Waals surface area contributed by atoms with Crippen molar-refractivity contribution >= 4 is 21.9 Å². The number of carbonyl (C=O) groups is 1. The first-order valence-corrected chi connectivity index (χ1v) is 7.90. The van der Waals surface area contributed by atoms with Crippen LogP contribution in [0.4, 0.5) is 5.69 Å². The molecule has 0 unspecified atom stereocenters. The van der Waals surface area contributed by atoms with Gasteiger partial charge in [-0.15, -0.1) is 0 Å². The number of aliphatic carboxylic acids is 1. The van der Waals surface area contributed by atoms with Crippen LogP contribution in [0.5, 0.6) is 0 Å². The molecule has 0 bridgehead atoms. The Hall–Kier alpha value is -1.60. The van der Waals surface area contributed by atoms with Crippen LogP contribution in [-0.2, 0) is 15.0 Å². The van der Waals surface area contributed by atoms with Gasteiger partial charge in [0.05, 0.1) is 5.92 Å². The minimum absolute atomic E-state index is 0.234. The highest BCUT2D eigenvalue weighted by molar-refractivity contribution is 7.90. The van der Waals surface area contributed by atoms with Crippen LogP contribution in [0.15, 0.2) is 24.3 Å². The lowest BCUT2D eigenvalue weighted by Gasteiger charge is -2.29. The van der Waals surface area contributed by atoms with Crippen molar-refractivity contribution in [2.45, 2.75) is 19.8 Å². The molecule has 1 aliphatic heterocycles. The van der Waals surface area contributed by atoms with E-state index >= 15 is 0 Å². The molecule has 1 saturated heterocycles. The third-order valence-corrected chi connectivity index (χ3v) is 4.98. The predicted molar refractivity (Wildman–Crippen MR) is 75.7 cm³/mol. The van der Waals surface area contributed by atoms with Crippen molar-refractivity contribution in [1.29, 1.82) is 0 Å². The topological polar surface area (TPSA) is 86.7 Å². The first-order valence-electron chi connectivity index (χ1n) is 6.46. The Morgan fingerprint density at radius 2 is 1.80 bits per heavy atom. The van der Waals surface area contributed by atoms with Gasteiger partial charge in [0.15, 0.2) is 0 Å². The largest absolute Gasteiger partial charge is 0.481 e. The van der Waals surface area contributed by atoms with Crippen LogP contribution < -0.4 is 4.72 Å². The molecule has 0 aliphatic carbocycles. The molecule has 0 amide bonds. The van der Waals surface area contributed by atoms with E-state index in [0.29, 0.717) is 18.5 Å². The van der Waals surface area contributed by atoms with Crippen molar-refractivity contribution in [2.24, 2.45) is 5.92 Å². The number of hydrogen-bond donors (Lipinski definition) is 2. The minimum atomic E-state index is -3.61. The van der Waals surface area contributed by atoms with Crippen LogP contribution in [0, 0.1) is 12.8 Å². The summed E-state index contributed by atoms with van der Waals surface area (Å²) in [4.78, 5) is 10.9. The van der Waals surface area contributed by atoms with Gasteiger partial charge in [-0.25, -0.2) is 0 Å². The monoisotopic (exact) mass is 298 g/mol. The van der Waals surface area contributed by atoms with Gasteiger partial charge in [-0.2, -0.15) is 12.7 Å². The summed E-state index contributed by atoms with van der Waals surface area (Å²) in [6.45, 7) is 2.39. The van der Waals surface area contributed by atoms with Gasteiger partial charge in [0.25, 0.3) is 0 Å². The number of piperidine rings is 1. The second kappa shape index (κ2) is 5.80. The number of carboxylic acid groups (broad SMARTS) is 1. The zero-order valence-electron chi connectivity index (χ0n) is 11.2. The Balaban J connectivity index is 2.01. The van der Waals surface area contributed by atoms with Crippen molar-refractivity contribution in [1.82, 2.24) is 4.31 Å². The summed E-state index contributed by atoms with van der Waals surface area (Å²) in [5.41, 5.74) is 1.56. The van der Waals surface area contributed by atoms with Crippen molar-refractivity contribution in [3.8, 4) is 0 Å². The van der Waals surface area contributed by atoms with Crippen molar-refractivity contribution in [3.63, 3.8) is 0 Å². The van der Waals surface area contributed by atoms with Gasteiger partial charge < -0.3 is 5.11 Å². The van der Waals surface area contributed by atoms with Crippen molar-refractivity contribution in [2.75, 3.05) is 17.8 Å². The molecule has 0 saturated carbocycles. The van der Waals surface area contributed by atoms with Gasteiger partial charge in [-0.3, -0.25) is 9.52 Å². The third kappa shape index (κ3) is 3.49. The fourth-order valence-electron chi connectivity index (χ4n) is 2.18. The van der Waals surface area contributed by atoms with Crippen LogP contribution in [0.3, 0.4) is 0 Å². The van der Waals surface area contributed by atoms with E-state index in [9.17, 15) is 13.2 Å². The average molecular weight is 298 g/mol. The first-order chi connectivity index (χ1) is 9.38. The molecular formula is C13H18N2O4S. The Morgan fingerprint density at radius 3 is 2.30 bits per heavy atom. The van der Waals surface area contributed by atoms with Crippen molar-refractivity contribution < 1.29 is 18.3 Å². The zero-order chi connectivity index (χ0) is 14.8. The van der Waals surface area contributed by atoms with Crippen LogP contribution >= 0.6 is 0 Å². The van der Waals surface area contributed by atoms with E-state index in [1.54, 1.807) is 12.1 Å². The number of nitrogens with zero attached hydrogens (tertiary/aromatic N) is 1. The quantitative estimate of drug-likeness (QED) is 0.880.